The minimum absolute atomic E-state index is 0.0553. The maximum atomic E-state index is 13.4. The lowest BCUT2D eigenvalue weighted by Crippen LogP contribution is -2.65. The van der Waals surface area contributed by atoms with Crippen LogP contribution < -0.4 is 25.4 Å². The molecule has 0 spiro atoms. The molecule has 2 rings (SSSR count). The number of carboxylic acid groups (broad SMARTS) is 1. The molecule has 4 N–H and O–H groups in total. The third-order valence-electron chi connectivity index (χ3n) is 5.95. The van der Waals surface area contributed by atoms with E-state index in [1.807, 2.05) is 0 Å². The van der Waals surface area contributed by atoms with Gasteiger partial charge in [-0.1, -0.05) is 6.07 Å². The smallest absolute Gasteiger partial charge is 0.408 e. The maximum absolute atomic E-state index is 13.4. The number of carboxylic acids is 1. The first-order chi connectivity index (χ1) is 20.1. The summed E-state index contributed by atoms with van der Waals surface area (Å²) in [5.74, 6) is -1.85. The Bertz CT molecular complexity index is 1100. The van der Waals surface area contributed by atoms with Gasteiger partial charge in [-0.25, -0.2) is 4.79 Å². The minimum Gasteiger partial charge on any atom is -0.487 e. The van der Waals surface area contributed by atoms with Crippen LogP contribution in [0.15, 0.2) is 18.2 Å². The molecule has 0 saturated heterocycles. The van der Waals surface area contributed by atoms with Crippen LogP contribution in [0, 0.1) is 0 Å². The Morgan fingerprint density at radius 2 is 1.30 bits per heavy atom. The molecule has 1 aliphatic heterocycles. The summed E-state index contributed by atoms with van der Waals surface area (Å²) >= 11 is 0. The number of alkyl carbamates (subject to hydrolysis) is 1. The van der Waals surface area contributed by atoms with E-state index in [0.29, 0.717) is 56.7 Å². The Labute approximate surface area is 252 Å². The Balaban J connectivity index is 2.29. The number of nitrogens with one attached hydrogen (secondary N) is 3. The SMILES string of the molecule is CC(C)(C)OC(=O)NC(C)(C)C(=O)N[C@@](C)(Cc1ccc2c(c1)OCCOCCOCCOCCO2)C(=O)NCC(=O)O. The van der Waals surface area contributed by atoms with Gasteiger partial charge in [0.25, 0.3) is 0 Å². The average Bonchev–Trinajstić information content (AvgIpc) is 2.89. The lowest BCUT2D eigenvalue weighted by Gasteiger charge is -2.34. The maximum Gasteiger partial charge on any atom is 0.408 e. The van der Waals surface area contributed by atoms with Crippen LogP contribution in [-0.4, -0.2) is 105 Å². The monoisotopic (exact) mass is 611 g/mol. The predicted octanol–water partition coefficient (Wildman–Crippen LogP) is 1.43. The van der Waals surface area contributed by atoms with E-state index in [9.17, 15) is 19.2 Å². The van der Waals surface area contributed by atoms with Gasteiger partial charge in [-0.2, -0.15) is 0 Å². The van der Waals surface area contributed by atoms with Crippen LogP contribution in [0.5, 0.6) is 11.5 Å². The van der Waals surface area contributed by atoms with Crippen molar-refractivity contribution >= 4 is 23.9 Å². The molecule has 0 saturated carbocycles. The largest absolute Gasteiger partial charge is 0.487 e. The molecule has 0 bridgehead atoms. The molecule has 43 heavy (non-hydrogen) atoms. The van der Waals surface area contributed by atoms with Crippen LogP contribution in [-0.2, 0) is 39.8 Å². The van der Waals surface area contributed by atoms with E-state index in [-0.39, 0.29) is 19.6 Å². The molecule has 0 aliphatic carbocycles. The van der Waals surface area contributed by atoms with E-state index in [2.05, 4.69) is 16.0 Å². The molecule has 0 aromatic heterocycles. The van der Waals surface area contributed by atoms with E-state index in [0.717, 1.165) is 0 Å². The van der Waals surface area contributed by atoms with Crippen molar-refractivity contribution in [1.29, 1.82) is 0 Å². The van der Waals surface area contributed by atoms with Crippen molar-refractivity contribution in [2.24, 2.45) is 0 Å². The third-order valence-corrected chi connectivity index (χ3v) is 5.95. The van der Waals surface area contributed by atoms with Crippen molar-refractivity contribution in [2.75, 3.05) is 59.4 Å². The van der Waals surface area contributed by atoms with Gasteiger partial charge >= 0.3 is 12.1 Å². The van der Waals surface area contributed by atoms with Crippen molar-refractivity contribution < 1.29 is 52.7 Å². The number of hydrogen-bond donors (Lipinski definition) is 4. The Hall–Kier alpha value is -3.62. The summed E-state index contributed by atoms with van der Waals surface area (Å²) in [5, 5.41) is 16.7. The lowest BCUT2D eigenvalue weighted by atomic mass is 9.89. The first-order valence-electron chi connectivity index (χ1n) is 14.1. The fourth-order valence-electron chi connectivity index (χ4n) is 3.82. The van der Waals surface area contributed by atoms with E-state index >= 15 is 0 Å². The molecule has 14 heteroatoms. The van der Waals surface area contributed by atoms with E-state index in [1.165, 1.54) is 20.8 Å². The van der Waals surface area contributed by atoms with Crippen LogP contribution >= 0.6 is 0 Å². The second kappa shape index (κ2) is 16.3. The Morgan fingerprint density at radius 1 is 0.767 bits per heavy atom. The number of benzene rings is 1. The van der Waals surface area contributed by atoms with E-state index < -0.39 is 47.1 Å². The van der Waals surface area contributed by atoms with Crippen molar-refractivity contribution in [1.82, 2.24) is 16.0 Å². The first kappa shape index (κ1) is 35.6. The normalized spacial score (nSPS) is 16.8. The van der Waals surface area contributed by atoms with Crippen molar-refractivity contribution in [2.45, 2.75) is 64.6 Å². The fourth-order valence-corrected chi connectivity index (χ4v) is 3.82. The molecule has 1 aromatic carbocycles. The zero-order valence-electron chi connectivity index (χ0n) is 25.8. The van der Waals surface area contributed by atoms with Crippen molar-refractivity contribution in [3.8, 4) is 11.5 Å². The molecule has 1 aromatic rings. The molecular formula is C29H45N3O11. The number of carbonyl (C=O) groups is 4. The molecule has 1 atom stereocenters. The van der Waals surface area contributed by atoms with Crippen LogP contribution in [0.4, 0.5) is 4.79 Å². The van der Waals surface area contributed by atoms with Gasteiger partial charge in [-0.05, 0) is 59.2 Å². The topological polar surface area (TPSA) is 180 Å². The quantitative estimate of drug-likeness (QED) is 0.334. The van der Waals surface area contributed by atoms with Crippen LogP contribution in [0.2, 0.25) is 0 Å². The van der Waals surface area contributed by atoms with Crippen LogP contribution in [0.1, 0.15) is 47.1 Å². The number of ether oxygens (including phenoxy) is 6. The predicted molar refractivity (Wildman–Crippen MR) is 154 cm³/mol. The second-order valence-corrected chi connectivity index (χ2v) is 11.6. The second-order valence-electron chi connectivity index (χ2n) is 11.6. The number of hydrogen-bond acceptors (Lipinski definition) is 10. The summed E-state index contributed by atoms with van der Waals surface area (Å²) in [5.41, 5.74) is -3.33. The summed E-state index contributed by atoms with van der Waals surface area (Å²) in [4.78, 5) is 50.2. The first-order valence-corrected chi connectivity index (χ1v) is 14.1. The van der Waals surface area contributed by atoms with E-state index in [4.69, 9.17) is 33.5 Å². The molecule has 1 heterocycles. The highest BCUT2D eigenvalue weighted by Gasteiger charge is 2.41. The standard InChI is InChI=1S/C29H45N3O11/c1-27(2,3)43-26(37)32-28(4,5)24(35)31-29(6,25(36)30-19-23(33)34)18-20-7-8-21-22(17-20)42-16-14-40-12-10-38-9-11-39-13-15-41-21/h7-8,17H,9-16,18-19H2,1-6H3,(H,30,36)(H,31,35)(H,32,37)(H,33,34)/t29-/m0/s1. The summed E-state index contributed by atoms with van der Waals surface area (Å²) in [6.07, 6.45) is -0.870. The van der Waals surface area contributed by atoms with Gasteiger partial charge in [0.15, 0.2) is 11.5 Å². The molecule has 0 unspecified atom stereocenters. The molecule has 0 radical (unpaired) electrons. The number of rotatable bonds is 8. The summed E-state index contributed by atoms with van der Waals surface area (Å²) < 4.78 is 33.5. The van der Waals surface area contributed by atoms with Gasteiger partial charge in [0, 0.05) is 6.42 Å². The molecular weight excluding hydrogens is 566 g/mol. The van der Waals surface area contributed by atoms with Crippen molar-refractivity contribution in [3.05, 3.63) is 23.8 Å². The third kappa shape index (κ3) is 13.1. The number of amides is 3. The Kier molecular flexibility index (Phi) is 13.5. The molecule has 14 nitrogen and oxygen atoms in total. The van der Waals surface area contributed by atoms with Gasteiger partial charge in [0.05, 0.1) is 39.6 Å². The summed E-state index contributed by atoms with van der Waals surface area (Å²) in [7, 11) is 0. The Morgan fingerprint density at radius 3 is 1.84 bits per heavy atom. The van der Waals surface area contributed by atoms with Gasteiger partial charge in [-0.15, -0.1) is 0 Å². The number of fused-ring (bicyclic) bond motifs is 1. The van der Waals surface area contributed by atoms with Crippen LogP contribution in [0.25, 0.3) is 0 Å². The minimum atomic E-state index is -1.63. The van der Waals surface area contributed by atoms with Gasteiger partial charge in [-0.3, -0.25) is 14.4 Å². The van der Waals surface area contributed by atoms with Crippen LogP contribution in [0.3, 0.4) is 0 Å². The average molecular weight is 612 g/mol. The highest BCUT2D eigenvalue weighted by Crippen LogP contribution is 2.30. The van der Waals surface area contributed by atoms with Gasteiger partial charge in [0.2, 0.25) is 11.8 Å². The number of carbonyl (C=O) groups excluding carboxylic acids is 3. The van der Waals surface area contributed by atoms with E-state index in [1.54, 1.807) is 39.0 Å². The summed E-state index contributed by atoms with van der Waals surface area (Å²) in [6.45, 7) is 11.6. The highest BCUT2D eigenvalue weighted by atomic mass is 16.6. The fraction of sp³-hybridized carbons (Fsp3) is 0.655. The lowest BCUT2D eigenvalue weighted by molar-refractivity contribution is -0.140. The van der Waals surface area contributed by atoms with Gasteiger partial charge < -0.3 is 49.5 Å². The molecule has 1 aliphatic rings. The summed E-state index contributed by atoms with van der Waals surface area (Å²) in [6, 6.07) is 5.06. The number of aliphatic carboxylic acids is 1. The molecule has 242 valence electrons. The zero-order valence-corrected chi connectivity index (χ0v) is 25.8. The molecule has 0 fully saturated rings. The highest BCUT2D eigenvalue weighted by molar-refractivity contribution is 5.96. The zero-order chi connectivity index (χ0) is 32.1. The van der Waals surface area contributed by atoms with Gasteiger partial charge in [0.1, 0.15) is 36.4 Å². The van der Waals surface area contributed by atoms with Crippen molar-refractivity contribution in [3.63, 3.8) is 0 Å². The molecule has 3 amide bonds.